The van der Waals surface area contributed by atoms with Gasteiger partial charge in [-0.2, -0.15) is 4.98 Å². The van der Waals surface area contributed by atoms with Crippen molar-refractivity contribution in [2.75, 3.05) is 5.73 Å². The summed E-state index contributed by atoms with van der Waals surface area (Å²) in [5.74, 6) is -0.120. The lowest BCUT2D eigenvalue weighted by atomic mass is 10.3. The van der Waals surface area contributed by atoms with Crippen LogP contribution in [-0.4, -0.2) is 15.2 Å². The Balaban J connectivity index is 2.28. The van der Waals surface area contributed by atoms with E-state index in [0.717, 1.165) is 11.4 Å². The van der Waals surface area contributed by atoms with Gasteiger partial charge in [0, 0.05) is 6.07 Å². The van der Waals surface area contributed by atoms with E-state index in [2.05, 4.69) is 15.2 Å². The lowest BCUT2D eigenvalue weighted by molar-refractivity contribution is 0.431. The van der Waals surface area contributed by atoms with Crippen molar-refractivity contribution in [2.45, 2.75) is 13.8 Å². The predicted octanol–water partition coefficient (Wildman–Crippen LogP) is 2.00. The van der Waals surface area contributed by atoms with E-state index in [1.807, 2.05) is 0 Å². The fraction of sp³-hybridized carbons (Fsp3) is 0.182. The third-order valence-corrected chi connectivity index (χ3v) is 2.25. The van der Waals surface area contributed by atoms with Crippen LogP contribution in [-0.2, 0) is 0 Å². The van der Waals surface area contributed by atoms with E-state index in [1.54, 1.807) is 13.8 Å². The number of aryl methyl sites for hydroxylation is 2. The summed E-state index contributed by atoms with van der Waals surface area (Å²) in [6.45, 7) is 3.59. The average molecular weight is 234 g/mol. The van der Waals surface area contributed by atoms with Gasteiger partial charge in [-0.25, -0.2) is 4.39 Å². The molecule has 1 aromatic heterocycles. The van der Waals surface area contributed by atoms with Gasteiger partial charge in [-0.1, -0.05) is 5.10 Å². The van der Waals surface area contributed by atoms with Gasteiger partial charge in [-0.05, 0) is 26.0 Å². The molecule has 0 bridgehead atoms. The largest absolute Gasteiger partial charge is 0.421 e. The summed E-state index contributed by atoms with van der Waals surface area (Å²) in [6.07, 6.45) is 0. The molecule has 0 saturated carbocycles. The highest BCUT2D eigenvalue weighted by Gasteiger charge is 2.07. The molecule has 2 rings (SSSR count). The number of benzene rings is 1. The zero-order valence-corrected chi connectivity index (χ0v) is 9.44. The lowest BCUT2D eigenvalue weighted by Crippen LogP contribution is -2.01. The van der Waals surface area contributed by atoms with E-state index < -0.39 is 5.82 Å². The number of ether oxygens (including phenoxy) is 1. The fourth-order valence-corrected chi connectivity index (χ4v) is 1.19. The second-order valence-electron chi connectivity index (χ2n) is 3.55. The van der Waals surface area contributed by atoms with Crippen LogP contribution in [0.5, 0.6) is 11.8 Å². The Morgan fingerprint density at radius 2 is 1.94 bits per heavy atom. The Bertz CT molecular complexity index is 559. The van der Waals surface area contributed by atoms with E-state index in [9.17, 15) is 4.39 Å². The van der Waals surface area contributed by atoms with Crippen LogP contribution in [0.4, 0.5) is 10.1 Å². The summed E-state index contributed by atoms with van der Waals surface area (Å²) in [5, 5.41) is 7.63. The summed E-state index contributed by atoms with van der Waals surface area (Å²) in [5.41, 5.74) is 7.23. The Kier molecular flexibility index (Phi) is 2.86. The standard InChI is InChI=1S/C11H11FN4O/c1-6-7(2)15-16-11(14-6)17-10-4-3-8(12)5-9(10)13/h3-5H,13H2,1-2H3. The van der Waals surface area contributed by atoms with Gasteiger partial charge in [-0.3, -0.25) is 0 Å². The molecule has 1 aromatic carbocycles. The molecule has 5 nitrogen and oxygen atoms in total. The van der Waals surface area contributed by atoms with Crippen LogP contribution in [0.15, 0.2) is 18.2 Å². The summed E-state index contributed by atoms with van der Waals surface area (Å²) >= 11 is 0. The summed E-state index contributed by atoms with van der Waals surface area (Å²) < 4.78 is 18.1. The highest BCUT2D eigenvalue weighted by Crippen LogP contribution is 2.25. The SMILES string of the molecule is Cc1nnc(Oc2ccc(F)cc2N)nc1C. The first-order valence-electron chi connectivity index (χ1n) is 4.97. The highest BCUT2D eigenvalue weighted by molar-refractivity contribution is 5.53. The quantitative estimate of drug-likeness (QED) is 0.804. The molecule has 0 saturated heterocycles. The molecule has 1 heterocycles. The van der Waals surface area contributed by atoms with Gasteiger partial charge in [0.25, 0.3) is 0 Å². The van der Waals surface area contributed by atoms with Gasteiger partial charge in [-0.15, -0.1) is 5.10 Å². The molecule has 0 aliphatic carbocycles. The first-order chi connectivity index (χ1) is 8.06. The summed E-state index contributed by atoms with van der Waals surface area (Å²) in [7, 11) is 0. The van der Waals surface area contributed by atoms with Crippen molar-refractivity contribution in [1.82, 2.24) is 15.2 Å². The van der Waals surface area contributed by atoms with E-state index in [4.69, 9.17) is 10.5 Å². The van der Waals surface area contributed by atoms with Gasteiger partial charge in [0.15, 0.2) is 5.75 Å². The van der Waals surface area contributed by atoms with Gasteiger partial charge < -0.3 is 10.5 Å². The monoisotopic (exact) mass is 234 g/mol. The maximum Gasteiger partial charge on any atom is 0.341 e. The van der Waals surface area contributed by atoms with E-state index in [0.29, 0.717) is 5.75 Å². The van der Waals surface area contributed by atoms with Gasteiger partial charge in [0.1, 0.15) is 5.82 Å². The number of halogens is 1. The molecular weight excluding hydrogens is 223 g/mol. The van der Waals surface area contributed by atoms with Crippen molar-refractivity contribution < 1.29 is 9.13 Å². The van der Waals surface area contributed by atoms with Crippen molar-refractivity contribution >= 4 is 5.69 Å². The molecule has 0 atom stereocenters. The number of nitrogens with zero attached hydrogens (tertiary/aromatic N) is 3. The van der Waals surface area contributed by atoms with Crippen LogP contribution >= 0.6 is 0 Å². The maximum atomic E-state index is 12.8. The number of hydrogen-bond acceptors (Lipinski definition) is 5. The molecular formula is C11H11FN4O. The molecule has 0 aliphatic heterocycles. The molecule has 0 amide bonds. The highest BCUT2D eigenvalue weighted by atomic mass is 19.1. The molecule has 0 unspecified atom stereocenters. The second-order valence-corrected chi connectivity index (χ2v) is 3.55. The van der Waals surface area contributed by atoms with Crippen LogP contribution in [0.2, 0.25) is 0 Å². The fourth-order valence-electron chi connectivity index (χ4n) is 1.19. The Morgan fingerprint density at radius 3 is 2.59 bits per heavy atom. The summed E-state index contributed by atoms with van der Waals surface area (Å²) in [4.78, 5) is 4.09. The minimum Gasteiger partial charge on any atom is -0.421 e. The van der Waals surface area contributed by atoms with Crippen molar-refractivity contribution in [3.63, 3.8) is 0 Å². The molecule has 0 fully saturated rings. The Labute approximate surface area is 97.5 Å². The van der Waals surface area contributed by atoms with Crippen LogP contribution in [0.25, 0.3) is 0 Å². The zero-order chi connectivity index (χ0) is 12.4. The molecule has 0 radical (unpaired) electrons. The molecule has 2 N–H and O–H groups in total. The Hall–Kier alpha value is -2.24. The smallest absolute Gasteiger partial charge is 0.341 e. The summed E-state index contributed by atoms with van der Waals surface area (Å²) in [6, 6.07) is 3.93. The van der Waals surface area contributed by atoms with E-state index >= 15 is 0 Å². The molecule has 17 heavy (non-hydrogen) atoms. The van der Waals surface area contributed by atoms with Crippen LogP contribution < -0.4 is 10.5 Å². The molecule has 0 aliphatic rings. The van der Waals surface area contributed by atoms with E-state index in [1.165, 1.54) is 18.2 Å². The van der Waals surface area contributed by atoms with Crippen molar-refractivity contribution in [3.05, 3.63) is 35.4 Å². The number of hydrogen-bond donors (Lipinski definition) is 1. The molecule has 0 spiro atoms. The molecule has 2 aromatic rings. The predicted molar refractivity (Wildman–Crippen MR) is 60.2 cm³/mol. The van der Waals surface area contributed by atoms with Crippen molar-refractivity contribution in [3.8, 4) is 11.8 Å². The topological polar surface area (TPSA) is 73.9 Å². The minimum atomic E-state index is -0.422. The zero-order valence-electron chi connectivity index (χ0n) is 9.44. The van der Waals surface area contributed by atoms with Crippen LogP contribution in [0.3, 0.4) is 0 Å². The number of nitrogen functional groups attached to an aromatic ring is 1. The minimum absolute atomic E-state index is 0.0893. The number of rotatable bonds is 2. The first-order valence-corrected chi connectivity index (χ1v) is 4.97. The van der Waals surface area contributed by atoms with Crippen LogP contribution in [0, 0.1) is 19.7 Å². The van der Waals surface area contributed by atoms with Crippen molar-refractivity contribution in [1.29, 1.82) is 0 Å². The third kappa shape index (κ3) is 2.47. The van der Waals surface area contributed by atoms with Crippen molar-refractivity contribution in [2.24, 2.45) is 0 Å². The normalized spacial score (nSPS) is 10.3. The Morgan fingerprint density at radius 1 is 1.18 bits per heavy atom. The van der Waals surface area contributed by atoms with Gasteiger partial charge in [0.05, 0.1) is 17.1 Å². The third-order valence-electron chi connectivity index (χ3n) is 2.25. The number of nitrogens with two attached hydrogens (primary N) is 1. The van der Waals surface area contributed by atoms with Gasteiger partial charge in [0.2, 0.25) is 0 Å². The van der Waals surface area contributed by atoms with E-state index in [-0.39, 0.29) is 11.7 Å². The lowest BCUT2D eigenvalue weighted by Gasteiger charge is -2.06. The average Bonchev–Trinajstić information content (AvgIpc) is 2.27. The first kappa shape index (κ1) is 11.3. The second kappa shape index (κ2) is 4.32. The molecule has 6 heteroatoms. The number of anilines is 1. The van der Waals surface area contributed by atoms with Crippen LogP contribution in [0.1, 0.15) is 11.4 Å². The number of aromatic nitrogens is 3. The van der Waals surface area contributed by atoms with Gasteiger partial charge >= 0.3 is 6.01 Å². The maximum absolute atomic E-state index is 12.8. The molecule has 88 valence electrons.